The van der Waals surface area contributed by atoms with Crippen LogP contribution in [0.15, 0.2) is 42.5 Å². The Hall–Kier alpha value is -2.00. The normalized spacial score (nSPS) is 10.2. The molecule has 0 unspecified atom stereocenters. The predicted molar refractivity (Wildman–Crippen MR) is 68.3 cm³/mol. The lowest BCUT2D eigenvalue weighted by Crippen LogP contribution is -1.99. The van der Waals surface area contributed by atoms with Gasteiger partial charge in [-0.1, -0.05) is 29.8 Å². The molecule has 2 aromatic carbocycles. The largest absolute Gasteiger partial charge is 0.478 e. The third-order valence-corrected chi connectivity index (χ3v) is 2.61. The van der Waals surface area contributed by atoms with E-state index in [1.54, 1.807) is 42.5 Å². The lowest BCUT2D eigenvalue weighted by molar-refractivity contribution is 0.0697. The number of carboxylic acid groups (broad SMARTS) is 1. The fourth-order valence-electron chi connectivity index (χ4n) is 1.69. The van der Waals surface area contributed by atoms with Crippen molar-refractivity contribution in [2.75, 3.05) is 5.73 Å². The van der Waals surface area contributed by atoms with Gasteiger partial charge in [-0.2, -0.15) is 0 Å². The van der Waals surface area contributed by atoms with Gasteiger partial charge in [0.25, 0.3) is 0 Å². The first kappa shape index (κ1) is 11.5. The molecule has 0 spiro atoms. The van der Waals surface area contributed by atoms with Crippen molar-refractivity contribution in [2.45, 2.75) is 0 Å². The smallest absolute Gasteiger partial charge is 0.336 e. The zero-order valence-corrected chi connectivity index (χ0v) is 9.61. The molecule has 0 bridgehead atoms. The van der Waals surface area contributed by atoms with Crippen LogP contribution < -0.4 is 5.73 Å². The van der Waals surface area contributed by atoms with Gasteiger partial charge in [0, 0.05) is 10.7 Å². The number of carboxylic acids is 1. The van der Waals surface area contributed by atoms with Gasteiger partial charge in [-0.25, -0.2) is 4.79 Å². The van der Waals surface area contributed by atoms with Crippen LogP contribution in [0.25, 0.3) is 11.1 Å². The van der Waals surface area contributed by atoms with Crippen molar-refractivity contribution in [1.82, 2.24) is 0 Å². The Kier molecular flexibility index (Phi) is 3.02. The number of aromatic carboxylic acids is 1. The molecule has 0 aliphatic heterocycles. The Morgan fingerprint density at radius 2 is 1.88 bits per heavy atom. The number of halogens is 1. The number of anilines is 1. The summed E-state index contributed by atoms with van der Waals surface area (Å²) in [7, 11) is 0. The van der Waals surface area contributed by atoms with E-state index >= 15 is 0 Å². The van der Waals surface area contributed by atoms with Crippen molar-refractivity contribution in [3.63, 3.8) is 0 Å². The average Bonchev–Trinajstić information content (AvgIpc) is 2.27. The van der Waals surface area contributed by atoms with E-state index in [4.69, 9.17) is 22.4 Å². The highest BCUT2D eigenvalue weighted by Crippen LogP contribution is 2.28. The van der Waals surface area contributed by atoms with Gasteiger partial charge in [0.05, 0.1) is 5.56 Å². The van der Waals surface area contributed by atoms with E-state index < -0.39 is 5.97 Å². The first-order valence-corrected chi connectivity index (χ1v) is 5.34. The molecule has 2 aromatic rings. The fourth-order valence-corrected chi connectivity index (χ4v) is 1.93. The molecule has 2 rings (SSSR count). The van der Waals surface area contributed by atoms with E-state index in [9.17, 15) is 4.79 Å². The molecule has 0 heterocycles. The molecule has 0 aromatic heterocycles. The van der Waals surface area contributed by atoms with Gasteiger partial charge in [0.2, 0.25) is 0 Å². The Balaban J connectivity index is 2.64. The molecule has 0 atom stereocenters. The highest BCUT2D eigenvalue weighted by Gasteiger charge is 2.11. The lowest BCUT2D eigenvalue weighted by atomic mass is 9.99. The first-order valence-electron chi connectivity index (χ1n) is 4.96. The molecule has 3 N–H and O–H groups in total. The maximum absolute atomic E-state index is 11.1. The number of hydrogen-bond donors (Lipinski definition) is 2. The predicted octanol–water partition coefficient (Wildman–Crippen LogP) is 3.29. The van der Waals surface area contributed by atoms with Crippen molar-refractivity contribution in [2.24, 2.45) is 0 Å². The second-order valence-electron chi connectivity index (χ2n) is 3.62. The first-order chi connectivity index (χ1) is 8.08. The molecule has 17 heavy (non-hydrogen) atoms. The van der Waals surface area contributed by atoms with Crippen LogP contribution in [0.5, 0.6) is 0 Å². The topological polar surface area (TPSA) is 63.3 Å². The average molecular weight is 248 g/mol. The molecule has 0 saturated heterocycles. The van der Waals surface area contributed by atoms with Crippen LogP contribution in [0.1, 0.15) is 10.4 Å². The Labute approximate surface area is 103 Å². The maximum Gasteiger partial charge on any atom is 0.336 e. The third kappa shape index (κ3) is 2.40. The third-order valence-electron chi connectivity index (χ3n) is 2.39. The molecular weight excluding hydrogens is 238 g/mol. The van der Waals surface area contributed by atoms with Crippen molar-refractivity contribution >= 4 is 23.3 Å². The van der Waals surface area contributed by atoms with Crippen molar-refractivity contribution in [1.29, 1.82) is 0 Å². The fraction of sp³-hybridized carbons (Fsp3) is 0. The van der Waals surface area contributed by atoms with E-state index in [0.717, 1.165) is 0 Å². The van der Waals surface area contributed by atoms with Crippen molar-refractivity contribution < 1.29 is 9.90 Å². The molecule has 4 heteroatoms. The molecule has 0 aliphatic carbocycles. The zero-order valence-electron chi connectivity index (χ0n) is 8.85. The van der Waals surface area contributed by atoms with E-state index in [-0.39, 0.29) is 5.56 Å². The standard InChI is InChI=1S/C13H10ClNO2/c14-9-5-8(6-10(15)7-9)11-3-1-2-4-12(11)13(16)17/h1-7H,15H2,(H,16,17). The van der Waals surface area contributed by atoms with Crippen LogP contribution in [0, 0.1) is 0 Å². The maximum atomic E-state index is 11.1. The minimum atomic E-state index is -0.973. The molecule has 0 aliphatic rings. The number of benzene rings is 2. The summed E-state index contributed by atoms with van der Waals surface area (Å²) in [5, 5.41) is 9.59. The number of nitrogens with two attached hydrogens (primary N) is 1. The van der Waals surface area contributed by atoms with Gasteiger partial charge in [-0.3, -0.25) is 0 Å². The Bertz CT molecular complexity index is 561. The second kappa shape index (κ2) is 4.47. The van der Waals surface area contributed by atoms with E-state index in [1.807, 2.05) is 0 Å². The Morgan fingerprint density at radius 1 is 1.18 bits per heavy atom. The van der Waals surface area contributed by atoms with E-state index in [2.05, 4.69) is 0 Å². The summed E-state index contributed by atoms with van der Waals surface area (Å²) >= 11 is 5.90. The van der Waals surface area contributed by atoms with Crippen LogP contribution in [0.3, 0.4) is 0 Å². The van der Waals surface area contributed by atoms with Crippen molar-refractivity contribution in [3.05, 3.63) is 53.1 Å². The minimum absolute atomic E-state index is 0.231. The van der Waals surface area contributed by atoms with E-state index in [0.29, 0.717) is 21.8 Å². The number of nitrogen functional groups attached to an aromatic ring is 1. The van der Waals surface area contributed by atoms with Gasteiger partial charge in [-0.05, 0) is 35.4 Å². The van der Waals surface area contributed by atoms with Crippen LogP contribution in [-0.2, 0) is 0 Å². The van der Waals surface area contributed by atoms with E-state index in [1.165, 1.54) is 0 Å². The minimum Gasteiger partial charge on any atom is -0.478 e. The molecule has 3 nitrogen and oxygen atoms in total. The highest BCUT2D eigenvalue weighted by molar-refractivity contribution is 6.31. The van der Waals surface area contributed by atoms with Crippen LogP contribution in [0.2, 0.25) is 5.02 Å². The number of carbonyl (C=O) groups is 1. The number of rotatable bonds is 2. The number of hydrogen-bond acceptors (Lipinski definition) is 2. The van der Waals surface area contributed by atoms with Crippen molar-refractivity contribution in [3.8, 4) is 11.1 Å². The lowest BCUT2D eigenvalue weighted by Gasteiger charge is -2.07. The Morgan fingerprint density at radius 3 is 2.53 bits per heavy atom. The summed E-state index contributed by atoms with van der Waals surface area (Å²) in [4.78, 5) is 11.1. The summed E-state index contributed by atoms with van der Waals surface area (Å²) in [5.74, 6) is -0.973. The van der Waals surface area contributed by atoms with Gasteiger partial charge in [-0.15, -0.1) is 0 Å². The molecule has 0 radical (unpaired) electrons. The zero-order chi connectivity index (χ0) is 12.4. The van der Waals surface area contributed by atoms with Crippen LogP contribution >= 0.6 is 11.6 Å². The second-order valence-corrected chi connectivity index (χ2v) is 4.06. The van der Waals surface area contributed by atoms with Gasteiger partial charge >= 0.3 is 5.97 Å². The monoisotopic (exact) mass is 247 g/mol. The summed E-state index contributed by atoms with van der Waals surface area (Å²) in [6, 6.07) is 11.8. The van der Waals surface area contributed by atoms with Gasteiger partial charge < -0.3 is 10.8 Å². The van der Waals surface area contributed by atoms with Gasteiger partial charge in [0.15, 0.2) is 0 Å². The summed E-state index contributed by atoms with van der Waals surface area (Å²) in [6.45, 7) is 0. The molecule has 0 saturated carbocycles. The summed E-state index contributed by atoms with van der Waals surface area (Å²) in [5.41, 5.74) is 7.74. The SMILES string of the molecule is Nc1cc(Cl)cc(-c2ccccc2C(=O)O)c1. The molecule has 0 amide bonds. The molecular formula is C13H10ClNO2. The highest BCUT2D eigenvalue weighted by atomic mass is 35.5. The van der Waals surface area contributed by atoms with Crippen LogP contribution in [-0.4, -0.2) is 11.1 Å². The molecule has 86 valence electrons. The summed E-state index contributed by atoms with van der Waals surface area (Å²) < 4.78 is 0. The van der Waals surface area contributed by atoms with Gasteiger partial charge in [0.1, 0.15) is 0 Å². The van der Waals surface area contributed by atoms with Crippen LogP contribution in [0.4, 0.5) is 5.69 Å². The quantitative estimate of drug-likeness (QED) is 0.801. The summed E-state index contributed by atoms with van der Waals surface area (Å²) in [6.07, 6.45) is 0. The molecule has 0 fully saturated rings.